The van der Waals surface area contributed by atoms with Gasteiger partial charge in [-0.3, -0.25) is 9.59 Å². The molecule has 10 nitrogen and oxygen atoms in total. The van der Waals surface area contributed by atoms with Crippen LogP contribution in [0.5, 0.6) is 0 Å². The monoisotopic (exact) mass is 538 g/mol. The maximum Gasteiger partial charge on any atom is 0.326 e. The van der Waals surface area contributed by atoms with Crippen LogP contribution in [0.2, 0.25) is 0 Å². The van der Waals surface area contributed by atoms with Crippen LogP contribution in [-0.4, -0.2) is 65.8 Å². The Morgan fingerprint density at radius 3 is 1.52 bits per heavy atom. The summed E-state index contributed by atoms with van der Waals surface area (Å²) < 4.78 is 0. The maximum absolute atomic E-state index is 12.5. The van der Waals surface area contributed by atoms with Gasteiger partial charge in [-0.25, -0.2) is 9.59 Å². The number of aromatic nitrogens is 2. The minimum Gasteiger partial charge on any atom is -0.480 e. The average molecular weight is 539 g/mol. The van der Waals surface area contributed by atoms with Gasteiger partial charge in [-0.05, 0) is 47.2 Å². The Hall–Kier alpha value is -4.60. The highest BCUT2D eigenvalue weighted by Crippen LogP contribution is 2.45. The molecule has 10 heteroatoms. The molecule has 0 unspecified atom stereocenters. The Balaban J connectivity index is 1.19. The standard InChI is InChI=1S/C30H26N4O6/c35-25-7-5-21-27-17(11-23(29(37)38)33(21)25)15-3-1-13(9-19(15)31-27)14-2-4-16-18-12-24(30(39)40)34-22(6-8-26(34)36)28(18)32-20(16)10-14/h1-4,9-10,21-24,31-32H,5-8,11-12H2,(H,37,38)(H,39,40)/t21-,22+,23-,24-/m1/s1. The van der Waals surface area contributed by atoms with Gasteiger partial charge in [-0.1, -0.05) is 24.3 Å². The molecule has 4 N–H and O–H groups in total. The van der Waals surface area contributed by atoms with Crippen LogP contribution in [0, 0.1) is 0 Å². The van der Waals surface area contributed by atoms with E-state index in [4.69, 9.17) is 0 Å². The molecular formula is C30H26N4O6. The Morgan fingerprint density at radius 2 is 1.12 bits per heavy atom. The summed E-state index contributed by atoms with van der Waals surface area (Å²) in [5.41, 5.74) is 7.60. The highest BCUT2D eigenvalue weighted by molar-refractivity contribution is 5.96. The summed E-state index contributed by atoms with van der Waals surface area (Å²) in [5.74, 6) is -2.16. The molecule has 0 spiro atoms. The number of fused-ring (bicyclic) bond motifs is 10. The maximum atomic E-state index is 12.5. The minimum absolute atomic E-state index is 0.107. The number of amides is 2. The van der Waals surface area contributed by atoms with Crippen molar-refractivity contribution in [3.8, 4) is 11.1 Å². The van der Waals surface area contributed by atoms with E-state index in [-0.39, 0.29) is 36.7 Å². The quantitative estimate of drug-likeness (QED) is 0.313. The molecule has 2 fully saturated rings. The largest absolute Gasteiger partial charge is 0.480 e. The number of H-pyrrole nitrogens is 2. The second kappa shape index (κ2) is 7.97. The Labute approximate surface area is 227 Å². The molecule has 6 heterocycles. The molecule has 2 aromatic carbocycles. The number of hydrogen-bond acceptors (Lipinski definition) is 4. The molecule has 4 aliphatic rings. The lowest BCUT2D eigenvalue weighted by Crippen LogP contribution is -2.47. The molecule has 8 rings (SSSR count). The third kappa shape index (κ3) is 3.04. The second-order valence-electron chi connectivity index (χ2n) is 11.4. The van der Waals surface area contributed by atoms with E-state index in [2.05, 4.69) is 22.1 Å². The van der Waals surface area contributed by atoms with Gasteiger partial charge in [0.05, 0.1) is 12.1 Å². The average Bonchev–Trinajstić information content (AvgIpc) is 3.70. The molecule has 4 aliphatic heterocycles. The lowest BCUT2D eigenvalue weighted by atomic mass is 9.91. The van der Waals surface area contributed by atoms with Crippen molar-refractivity contribution in [1.29, 1.82) is 0 Å². The van der Waals surface area contributed by atoms with Crippen LogP contribution in [0.4, 0.5) is 0 Å². The SMILES string of the molecule is O=C(O)[C@H]1Cc2c([nH]c3cc(-c4ccc5c6c([nH]c5c4)[C@@H]4CCC(=O)N4[C@@H](C(=O)O)C6)ccc23)[C@H]2CCC(=O)N12. The van der Waals surface area contributed by atoms with Crippen molar-refractivity contribution in [3.63, 3.8) is 0 Å². The third-order valence-electron chi connectivity index (χ3n) is 9.43. The number of carboxylic acid groups (broad SMARTS) is 2. The minimum atomic E-state index is -0.974. The lowest BCUT2D eigenvalue weighted by molar-refractivity contribution is -0.150. The molecule has 2 amide bonds. The summed E-state index contributed by atoms with van der Waals surface area (Å²) in [6.07, 6.45) is 2.49. The highest BCUT2D eigenvalue weighted by Gasteiger charge is 2.47. The van der Waals surface area contributed by atoms with Crippen LogP contribution < -0.4 is 0 Å². The van der Waals surface area contributed by atoms with Crippen LogP contribution in [0.3, 0.4) is 0 Å². The number of aromatic amines is 2. The van der Waals surface area contributed by atoms with E-state index >= 15 is 0 Å². The number of nitrogens with one attached hydrogen (secondary N) is 2. The zero-order chi connectivity index (χ0) is 27.4. The van der Waals surface area contributed by atoms with Crippen LogP contribution in [0.25, 0.3) is 32.9 Å². The van der Waals surface area contributed by atoms with E-state index in [0.29, 0.717) is 25.7 Å². The number of carboxylic acids is 2. The van der Waals surface area contributed by atoms with E-state index < -0.39 is 24.0 Å². The molecule has 0 saturated carbocycles. The number of benzene rings is 2. The molecule has 202 valence electrons. The number of carbonyl (C=O) groups is 4. The van der Waals surface area contributed by atoms with Crippen LogP contribution >= 0.6 is 0 Å². The zero-order valence-electron chi connectivity index (χ0n) is 21.4. The number of rotatable bonds is 3. The molecule has 40 heavy (non-hydrogen) atoms. The second-order valence-corrected chi connectivity index (χ2v) is 11.4. The van der Waals surface area contributed by atoms with E-state index in [9.17, 15) is 29.4 Å². The summed E-state index contributed by atoms with van der Waals surface area (Å²) >= 11 is 0. The molecule has 4 aromatic rings. The first-order chi connectivity index (χ1) is 19.3. The van der Waals surface area contributed by atoms with Gasteiger partial charge in [0, 0.05) is 58.9 Å². The fourth-order valence-electron chi connectivity index (χ4n) is 7.67. The number of nitrogens with zero attached hydrogens (tertiary/aromatic N) is 2. The van der Waals surface area contributed by atoms with E-state index in [0.717, 1.165) is 55.4 Å². The molecule has 2 aromatic heterocycles. The van der Waals surface area contributed by atoms with Crippen molar-refractivity contribution in [2.45, 2.75) is 62.7 Å². The number of carbonyl (C=O) groups excluding carboxylic acids is 2. The van der Waals surface area contributed by atoms with Gasteiger partial charge in [0.25, 0.3) is 0 Å². The molecule has 4 atom stereocenters. The van der Waals surface area contributed by atoms with Crippen molar-refractivity contribution >= 4 is 45.6 Å². The Bertz CT molecular complexity index is 1690. The van der Waals surface area contributed by atoms with E-state index in [1.165, 1.54) is 9.80 Å². The van der Waals surface area contributed by atoms with Gasteiger partial charge in [0.2, 0.25) is 11.8 Å². The van der Waals surface area contributed by atoms with Crippen molar-refractivity contribution in [3.05, 3.63) is 58.9 Å². The number of hydrogen-bond donors (Lipinski definition) is 4. The lowest BCUT2D eigenvalue weighted by Gasteiger charge is -2.35. The van der Waals surface area contributed by atoms with Crippen molar-refractivity contribution in [2.24, 2.45) is 0 Å². The third-order valence-corrected chi connectivity index (χ3v) is 9.43. The summed E-state index contributed by atoms with van der Waals surface area (Å²) in [6, 6.07) is 10.0. The number of aliphatic carboxylic acids is 2. The smallest absolute Gasteiger partial charge is 0.326 e. The normalized spacial score (nSPS) is 25.3. The van der Waals surface area contributed by atoms with Crippen molar-refractivity contribution in [1.82, 2.24) is 19.8 Å². The van der Waals surface area contributed by atoms with Crippen LogP contribution in [0.1, 0.15) is 60.3 Å². The fraction of sp³-hybridized carbons (Fsp3) is 0.333. The fourth-order valence-corrected chi connectivity index (χ4v) is 7.67. The molecule has 0 aliphatic carbocycles. The summed E-state index contributed by atoms with van der Waals surface area (Å²) in [6.45, 7) is 0. The first-order valence-electron chi connectivity index (χ1n) is 13.7. The van der Waals surface area contributed by atoms with Gasteiger partial charge >= 0.3 is 11.9 Å². The van der Waals surface area contributed by atoms with Gasteiger partial charge in [0.1, 0.15) is 12.1 Å². The zero-order valence-corrected chi connectivity index (χ0v) is 21.4. The highest BCUT2D eigenvalue weighted by atomic mass is 16.4. The first-order valence-corrected chi connectivity index (χ1v) is 13.7. The van der Waals surface area contributed by atoms with Crippen LogP contribution in [0.15, 0.2) is 36.4 Å². The summed E-state index contributed by atoms with van der Waals surface area (Å²) in [4.78, 5) is 59.1. The molecular weight excluding hydrogens is 512 g/mol. The first kappa shape index (κ1) is 23.3. The van der Waals surface area contributed by atoms with Crippen molar-refractivity contribution in [2.75, 3.05) is 0 Å². The van der Waals surface area contributed by atoms with Crippen molar-refractivity contribution < 1.29 is 29.4 Å². The van der Waals surface area contributed by atoms with Gasteiger partial charge in [-0.2, -0.15) is 0 Å². The summed E-state index contributed by atoms with van der Waals surface area (Å²) in [7, 11) is 0. The topological polar surface area (TPSA) is 147 Å². The van der Waals surface area contributed by atoms with Gasteiger partial charge in [-0.15, -0.1) is 0 Å². The van der Waals surface area contributed by atoms with E-state index in [1.807, 2.05) is 24.3 Å². The Morgan fingerprint density at radius 1 is 0.700 bits per heavy atom. The van der Waals surface area contributed by atoms with E-state index in [1.54, 1.807) is 0 Å². The predicted molar refractivity (Wildman–Crippen MR) is 143 cm³/mol. The summed E-state index contributed by atoms with van der Waals surface area (Å²) in [5, 5.41) is 21.6. The molecule has 2 saturated heterocycles. The molecule has 0 bridgehead atoms. The molecule has 0 radical (unpaired) electrons. The predicted octanol–water partition coefficient (Wildman–Crippen LogP) is 3.66. The van der Waals surface area contributed by atoms with Gasteiger partial charge in [0.15, 0.2) is 0 Å². The van der Waals surface area contributed by atoms with Crippen LogP contribution in [-0.2, 0) is 32.0 Å². The Kier molecular flexibility index (Phi) is 4.64. The van der Waals surface area contributed by atoms with Gasteiger partial charge < -0.3 is 30.0 Å².